The Morgan fingerprint density at radius 3 is 2.46 bits per heavy atom. The van der Waals surface area contributed by atoms with E-state index in [0.717, 1.165) is 24.3 Å². The second-order valence-electron chi connectivity index (χ2n) is 7.36. The predicted molar refractivity (Wildman–Crippen MR) is 105 cm³/mol. The SMILES string of the molecule is CC1CN(CC(=O)Nc2ccc(C(C)C)cc2)CC(c2ccccc2)O1. The summed E-state index contributed by atoms with van der Waals surface area (Å²) in [5.41, 5.74) is 3.28. The summed E-state index contributed by atoms with van der Waals surface area (Å²) < 4.78 is 6.06. The van der Waals surface area contributed by atoms with Crippen LogP contribution in [0.1, 0.15) is 43.9 Å². The molecule has 1 N–H and O–H groups in total. The Balaban J connectivity index is 1.57. The molecule has 0 spiro atoms. The number of anilines is 1. The summed E-state index contributed by atoms with van der Waals surface area (Å²) in [6.45, 7) is 8.26. The monoisotopic (exact) mass is 352 g/mol. The molecular weight excluding hydrogens is 324 g/mol. The number of morpholine rings is 1. The lowest BCUT2D eigenvalue weighted by molar-refractivity contribution is -0.122. The van der Waals surface area contributed by atoms with Crippen LogP contribution >= 0.6 is 0 Å². The van der Waals surface area contributed by atoms with Crippen LogP contribution in [0.5, 0.6) is 0 Å². The summed E-state index contributed by atoms with van der Waals surface area (Å²) in [5, 5.41) is 3.00. The molecule has 0 saturated carbocycles. The third-order valence-electron chi connectivity index (χ3n) is 4.74. The molecular formula is C22H28N2O2. The van der Waals surface area contributed by atoms with Crippen molar-refractivity contribution in [2.45, 2.75) is 38.9 Å². The highest BCUT2D eigenvalue weighted by Crippen LogP contribution is 2.25. The van der Waals surface area contributed by atoms with Crippen LogP contribution in [0.3, 0.4) is 0 Å². The van der Waals surface area contributed by atoms with Gasteiger partial charge in [-0.25, -0.2) is 0 Å². The highest BCUT2D eigenvalue weighted by molar-refractivity contribution is 5.92. The van der Waals surface area contributed by atoms with Gasteiger partial charge in [0.15, 0.2) is 0 Å². The van der Waals surface area contributed by atoms with Gasteiger partial charge in [0.25, 0.3) is 0 Å². The van der Waals surface area contributed by atoms with E-state index in [-0.39, 0.29) is 18.1 Å². The van der Waals surface area contributed by atoms with Gasteiger partial charge in [-0.1, -0.05) is 56.3 Å². The molecule has 2 atom stereocenters. The molecule has 1 fully saturated rings. The average Bonchev–Trinajstić information content (AvgIpc) is 2.62. The molecule has 2 aromatic rings. The van der Waals surface area contributed by atoms with E-state index in [1.807, 2.05) is 30.3 Å². The second kappa shape index (κ2) is 8.47. The minimum absolute atomic E-state index is 0.0121. The molecule has 0 aromatic heterocycles. The van der Waals surface area contributed by atoms with Gasteiger partial charge in [-0.2, -0.15) is 0 Å². The number of benzene rings is 2. The van der Waals surface area contributed by atoms with Gasteiger partial charge in [0.1, 0.15) is 0 Å². The Hall–Kier alpha value is -2.17. The van der Waals surface area contributed by atoms with E-state index in [1.54, 1.807) is 0 Å². The minimum Gasteiger partial charge on any atom is -0.368 e. The Morgan fingerprint density at radius 1 is 1.12 bits per heavy atom. The van der Waals surface area contributed by atoms with Crippen molar-refractivity contribution in [2.24, 2.45) is 0 Å². The van der Waals surface area contributed by atoms with Crippen LogP contribution in [-0.4, -0.2) is 36.5 Å². The van der Waals surface area contributed by atoms with Gasteiger partial charge in [0.05, 0.1) is 18.8 Å². The predicted octanol–water partition coefficient (Wildman–Crippen LogP) is 4.21. The topological polar surface area (TPSA) is 41.6 Å². The average molecular weight is 352 g/mol. The van der Waals surface area contributed by atoms with Crippen LogP contribution in [0.4, 0.5) is 5.69 Å². The van der Waals surface area contributed by atoms with E-state index in [9.17, 15) is 4.79 Å². The van der Waals surface area contributed by atoms with Crippen molar-refractivity contribution < 1.29 is 9.53 Å². The third-order valence-corrected chi connectivity index (χ3v) is 4.74. The van der Waals surface area contributed by atoms with Crippen LogP contribution in [0.2, 0.25) is 0 Å². The van der Waals surface area contributed by atoms with Crippen molar-refractivity contribution in [2.75, 3.05) is 25.0 Å². The van der Waals surface area contributed by atoms with Crippen molar-refractivity contribution >= 4 is 11.6 Å². The first-order valence-corrected chi connectivity index (χ1v) is 9.34. The number of nitrogens with zero attached hydrogens (tertiary/aromatic N) is 1. The van der Waals surface area contributed by atoms with Crippen LogP contribution in [0.25, 0.3) is 0 Å². The van der Waals surface area contributed by atoms with E-state index in [4.69, 9.17) is 4.74 Å². The third kappa shape index (κ3) is 4.93. The molecule has 1 saturated heterocycles. The number of amides is 1. The van der Waals surface area contributed by atoms with Gasteiger partial charge in [0, 0.05) is 18.8 Å². The largest absolute Gasteiger partial charge is 0.368 e. The lowest BCUT2D eigenvalue weighted by atomic mass is 10.0. The molecule has 4 heteroatoms. The highest BCUT2D eigenvalue weighted by atomic mass is 16.5. The van der Waals surface area contributed by atoms with Crippen molar-refractivity contribution in [3.63, 3.8) is 0 Å². The Kier molecular flexibility index (Phi) is 6.07. The first kappa shape index (κ1) is 18.6. The summed E-state index contributed by atoms with van der Waals surface area (Å²) in [6, 6.07) is 18.3. The lowest BCUT2D eigenvalue weighted by Gasteiger charge is -2.36. The first-order chi connectivity index (χ1) is 12.5. The number of carbonyl (C=O) groups excluding carboxylic acids is 1. The van der Waals surface area contributed by atoms with Crippen molar-refractivity contribution in [3.05, 3.63) is 65.7 Å². The molecule has 1 aliphatic heterocycles. The molecule has 0 radical (unpaired) electrons. The molecule has 1 aliphatic rings. The smallest absolute Gasteiger partial charge is 0.238 e. The van der Waals surface area contributed by atoms with Crippen LogP contribution in [-0.2, 0) is 9.53 Å². The normalized spacial score (nSPS) is 20.9. The zero-order chi connectivity index (χ0) is 18.5. The Bertz CT molecular complexity index is 713. The standard InChI is InChI=1S/C22H28N2O2/c1-16(2)18-9-11-20(12-10-18)23-22(25)15-24-13-17(3)26-21(14-24)19-7-5-4-6-8-19/h4-12,16-17,21H,13-15H2,1-3H3,(H,23,25). The summed E-state index contributed by atoms with van der Waals surface area (Å²) in [7, 11) is 0. The molecule has 4 nitrogen and oxygen atoms in total. The molecule has 3 rings (SSSR count). The molecule has 1 amide bonds. The summed E-state index contributed by atoms with van der Waals surface area (Å²) in [6.07, 6.45) is 0.116. The molecule has 26 heavy (non-hydrogen) atoms. The van der Waals surface area contributed by atoms with E-state index in [2.05, 4.69) is 55.3 Å². The van der Waals surface area contributed by atoms with Crippen LogP contribution in [0, 0.1) is 0 Å². The molecule has 2 unspecified atom stereocenters. The fraction of sp³-hybridized carbons (Fsp3) is 0.409. The lowest BCUT2D eigenvalue weighted by Crippen LogP contribution is -2.46. The van der Waals surface area contributed by atoms with Crippen molar-refractivity contribution in [1.82, 2.24) is 4.90 Å². The fourth-order valence-electron chi connectivity index (χ4n) is 3.37. The van der Waals surface area contributed by atoms with E-state index in [0.29, 0.717) is 12.5 Å². The second-order valence-corrected chi connectivity index (χ2v) is 7.36. The van der Waals surface area contributed by atoms with Gasteiger partial charge in [-0.05, 0) is 36.1 Å². The molecule has 0 bridgehead atoms. The Morgan fingerprint density at radius 2 is 1.81 bits per heavy atom. The number of hydrogen-bond donors (Lipinski definition) is 1. The zero-order valence-corrected chi connectivity index (χ0v) is 15.8. The zero-order valence-electron chi connectivity index (χ0n) is 15.8. The maximum atomic E-state index is 12.5. The van der Waals surface area contributed by atoms with Gasteiger partial charge in [-0.3, -0.25) is 9.69 Å². The first-order valence-electron chi connectivity index (χ1n) is 9.34. The summed E-state index contributed by atoms with van der Waals surface area (Å²) in [5.74, 6) is 0.507. The molecule has 1 heterocycles. The van der Waals surface area contributed by atoms with E-state index >= 15 is 0 Å². The molecule has 0 aliphatic carbocycles. The van der Waals surface area contributed by atoms with Gasteiger partial charge < -0.3 is 10.1 Å². The van der Waals surface area contributed by atoms with Crippen molar-refractivity contribution in [1.29, 1.82) is 0 Å². The quantitative estimate of drug-likeness (QED) is 0.876. The Labute approximate surface area is 156 Å². The van der Waals surface area contributed by atoms with Crippen LogP contribution in [0.15, 0.2) is 54.6 Å². The number of rotatable bonds is 5. The molecule has 2 aromatic carbocycles. The maximum Gasteiger partial charge on any atom is 0.238 e. The highest BCUT2D eigenvalue weighted by Gasteiger charge is 2.27. The fourth-order valence-corrected chi connectivity index (χ4v) is 3.37. The van der Waals surface area contributed by atoms with Crippen molar-refractivity contribution in [3.8, 4) is 0 Å². The molecule has 138 valence electrons. The number of ether oxygens (including phenoxy) is 1. The van der Waals surface area contributed by atoms with Gasteiger partial charge >= 0.3 is 0 Å². The maximum absolute atomic E-state index is 12.5. The summed E-state index contributed by atoms with van der Waals surface area (Å²) >= 11 is 0. The summed E-state index contributed by atoms with van der Waals surface area (Å²) in [4.78, 5) is 14.6. The van der Waals surface area contributed by atoms with E-state index < -0.39 is 0 Å². The number of nitrogens with one attached hydrogen (secondary N) is 1. The number of carbonyl (C=O) groups is 1. The van der Waals surface area contributed by atoms with Crippen LogP contribution < -0.4 is 5.32 Å². The number of hydrogen-bond acceptors (Lipinski definition) is 3. The minimum atomic E-state index is 0.0121. The van der Waals surface area contributed by atoms with Gasteiger partial charge in [-0.15, -0.1) is 0 Å². The van der Waals surface area contributed by atoms with Gasteiger partial charge in [0.2, 0.25) is 5.91 Å². The van der Waals surface area contributed by atoms with E-state index in [1.165, 1.54) is 5.56 Å².